The van der Waals surface area contributed by atoms with Gasteiger partial charge < -0.3 is 0 Å². The van der Waals surface area contributed by atoms with Crippen LogP contribution in [-0.2, 0) is 10.0 Å². The first kappa shape index (κ1) is 9.67. The molecule has 2 heterocycles. The summed E-state index contributed by atoms with van der Waals surface area (Å²) in [6.45, 7) is 2.13. The standard InChI is InChI=1S/C8H9NO3S2/c1-2-9-6-3-4-13-8(6)7(10)5-14(9,11)12/h3-4H,2,5H2,1H3. The molecule has 0 saturated carbocycles. The van der Waals surface area contributed by atoms with Crippen molar-refractivity contribution in [2.45, 2.75) is 6.92 Å². The second kappa shape index (κ2) is 3.06. The molecule has 4 nitrogen and oxygen atoms in total. The van der Waals surface area contributed by atoms with Gasteiger partial charge in [0, 0.05) is 6.54 Å². The van der Waals surface area contributed by atoms with Gasteiger partial charge in [-0.3, -0.25) is 9.10 Å². The second-order valence-corrected chi connectivity index (χ2v) is 5.79. The fraction of sp³-hybridized carbons (Fsp3) is 0.375. The lowest BCUT2D eigenvalue weighted by atomic mass is 10.3. The van der Waals surface area contributed by atoms with Gasteiger partial charge in [0.15, 0.2) is 5.78 Å². The Kier molecular flexibility index (Phi) is 2.11. The van der Waals surface area contributed by atoms with Crippen molar-refractivity contribution >= 4 is 32.8 Å². The van der Waals surface area contributed by atoms with Crippen LogP contribution in [0.3, 0.4) is 0 Å². The van der Waals surface area contributed by atoms with Crippen LogP contribution in [0, 0.1) is 0 Å². The quantitative estimate of drug-likeness (QED) is 0.727. The third-order valence-electron chi connectivity index (χ3n) is 2.10. The molecule has 0 bridgehead atoms. The van der Waals surface area contributed by atoms with E-state index >= 15 is 0 Å². The van der Waals surface area contributed by atoms with Crippen molar-refractivity contribution in [3.63, 3.8) is 0 Å². The Morgan fingerprint density at radius 3 is 2.93 bits per heavy atom. The summed E-state index contributed by atoms with van der Waals surface area (Å²) < 4.78 is 24.5. The van der Waals surface area contributed by atoms with Gasteiger partial charge in [0.05, 0.1) is 10.6 Å². The van der Waals surface area contributed by atoms with Crippen LogP contribution in [0.25, 0.3) is 0 Å². The molecule has 0 amide bonds. The van der Waals surface area contributed by atoms with Crippen molar-refractivity contribution in [1.82, 2.24) is 0 Å². The molecule has 2 rings (SSSR count). The molecule has 1 aromatic rings. The van der Waals surface area contributed by atoms with Crippen LogP contribution < -0.4 is 4.31 Å². The predicted molar refractivity (Wildman–Crippen MR) is 55.5 cm³/mol. The van der Waals surface area contributed by atoms with Gasteiger partial charge >= 0.3 is 0 Å². The Labute approximate surface area is 86.2 Å². The first-order valence-electron chi connectivity index (χ1n) is 4.17. The Morgan fingerprint density at radius 2 is 2.29 bits per heavy atom. The van der Waals surface area contributed by atoms with Gasteiger partial charge in [0.25, 0.3) is 0 Å². The number of carbonyl (C=O) groups excluding carboxylic acids is 1. The fourth-order valence-electron chi connectivity index (χ4n) is 1.53. The molecule has 1 aromatic heterocycles. The summed E-state index contributed by atoms with van der Waals surface area (Å²) in [6, 6.07) is 1.68. The number of thiophene rings is 1. The first-order chi connectivity index (χ1) is 6.56. The maximum atomic E-state index is 11.6. The minimum atomic E-state index is -3.42. The molecule has 0 aromatic carbocycles. The van der Waals surface area contributed by atoms with E-state index in [1.165, 1.54) is 15.6 Å². The van der Waals surface area contributed by atoms with E-state index in [2.05, 4.69) is 0 Å². The normalized spacial score (nSPS) is 19.5. The summed E-state index contributed by atoms with van der Waals surface area (Å²) in [5, 5.41) is 1.74. The highest BCUT2D eigenvalue weighted by Gasteiger charge is 2.34. The van der Waals surface area contributed by atoms with E-state index < -0.39 is 15.8 Å². The van der Waals surface area contributed by atoms with Crippen molar-refractivity contribution in [1.29, 1.82) is 0 Å². The van der Waals surface area contributed by atoms with Crippen molar-refractivity contribution in [2.75, 3.05) is 16.6 Å². The van der Waals surface area contributed by atoms with Crippen LogP contribution in [0.1, 0.15) is 16.6 Å². The zero-order valence-electron chi connectivity index (χ0n) is 7.56. The molecule has 1 aliphatic rings. The number of rotatable bonds is 1. The fourth-order valence-corrected chi connectivity index (χ4v) is 4.00. The minimum absolute atomic E-state index is 0.292. The van der Waals surface area contributed by atoms with Crippen molar-refractivity contribution in [3.05, 3.63) is 16.3 Å². The van der Waals surface area contributed by atoms with Crippen LogP contribution in [0.15, 0.2) is 11.4 Å². The monoisotopic (exact) mass is 231 g/mol. The number of anilines is 1. The summed E-state index contributed by atoms with van der Waals surface area (Å²) in [6.07, 6.45) is 0. The van der Waals surface area contributed by atoms with Crippen LogP contribution in [0.2, 0.25) is 0 Å². The number of carbonyl (C=O) groups is 1. The van der Waals surface area contributed by atoms with Gasteiger partial charge in [0.1, 0.15) is 5.75 Å². The summed E-state index contributed by atoms with van der Waals surface area (Å²) >= 11 is 1.30. The SMILES string of the molecule is CCN1c2ccsc2C(=O)CS1(=O)=O. The van der Waals surface area contributed by atoms with Gasteiger partial charge in [-0.05, 0) is 18.4 Å². The zero-order chi connectivity index (χ0) is 10.3. The van der Waals surface area contributed by atoms with Crippen LogP contribution in [0.4, 0.5) is 5.69 Å². The molecular weight excluding hydrogens is 222 g/mol. The number of hydrogen-bond donors (Lipinski definition) is 0. The molecule has 1 aliphatic heterocycles. The predicted octanol–water partition coefficient (Wildman–Crippen LogP) is 1.10. The van der Waals surface area contributed by atoms with E-state index in [0.717, 1.165) is 0 Å². The van der Waals surface area contributed by atoms with Crippen LogP contribution >= 0.6 is 11.3 Å². The van der Waals surface area contributed by atoms with E-state index in [9.17, 15) is 13.2 Å². The van der Waals surface area contributed by atoms with Crippen molar-refractivity contribution in [3.8, 4) is 0 Å². The van der Waals surface area contributed by atoms with E-state index in [-0.39, 0.29) is 5.78 Å². The van der Waals surface area contributed by atoms with Crippen LogP contribution in [-0.4, -0.2) is 26.5 Å². The van der Waals surface area contributed by atoms with Crippen molar-refractivity contribution in [2.24, 2.45) is 0 Å². The number of Topliss-reactive ketones (excluding diaryl/α,β-unsaturated/α-hetero) is 1. The van der Waals surface area contributed by atoms with Gasteiger partial charge in [-0.2, -0.15) is 0 Å². The molecular formula is C8H9NO3S2. The summed E-state index contributed by atoms with van der Waals surface area (Å²) in [7, 11) is -3.42. The third kappa shape index (κ3) is 1.26. The average Bonchev–Trinajstić information content (AvgIpc) is 2.51. The summed E-state index contributed by atoms with van der Waals surface area (Å²) in [5.74, 6) is -0.686. The maximum Gasteiger partial charge on any atom is 0.242 e. The van der Waals surface area contributed by atoms with Gasteiger partial charge in [-0.25, -0.2) is 8.42 Å². The molecule has 0 fully saturated rings. The molecule has 14 heavy (non-hydrogen) atoms. The first-order valence-corrected chi connectivity index (χ1v) is 6.66. The highest BCUT2D eigenvalue weighted by Crippen LogP contribution is 2.33. The van der Waals surface area contributed by atoms with E-state index in [4.69, 9.17) is 0 Å². The van der Waals surface area contributed by atoms with E-state index in [0.29, 0.717) is 17.1 Å². The smallest absolute Gasteiger partial charge is 0.242 e. The number of ketones is 1. The molecule has 0 saturated heterocycles. The molecule has 0 N–H and O–H groups in total. The average molecular weight is 231 g/mol. The molecule has 0 atom stereocenters. The highest BCUT2D eigenvalue weighted by molar-refractivity contribution is 7.93. The zero-order valence-corrected chi connectivity index (χ0v) is 9.19. The topological polar surface area (TPSA) is 54.5 Å². The second-order valence-electron chi connectivity index (χ2n) is 2.98. The maximum absolute atomic E-state index is 11.6. The number of nitrogens with zero attached hydrogens (tertiary/aromatic N) is 1. The number of fused-ring (bicyclic) bond motifs is 1. The van der Waals surface area contributed by atoms with E-state index in [1.54, 1.807) is 18.4 Å². The largest absolute Gasteiger partial charge is 0.292 e. The summed E-state index contributed by atoms with van der Waals surface area (Å²) in [4.78, 5) is 12.0. The molecule has 0 aliphatic carbocycles. The Morgan fingerprint density at radius 1 is 1.57 bits per heavy atom. The number of hydrogen-bond acceptors (Lipinski definition) is 4. The third-order valence-corrected chi connectivity index (χ3v) is 4.80. The molecule has 76 valence electrons. The Balaban J connectivity index is 2.63. The molecule has 0 unspecified atom stereocenters. The van der Waals surface area contributed by atoms with Crippen LogP contribution in [0.5, 0.6) is 0 Å². The van der Waals surface area contributed by atoms with Crippen molar-refractivity contribution < 1.29 is 13.2 Å². The minimum Gasteiger partial charge on any atom is -0.292 e. The highest BCUT2D eigenvalue weighted by atomic mass is 32.2. The van der Waals surface area contributed by atoms with Gasteiger partial charge in [-0.1, -0.05) is 0 Å². The lowest BCUT2D eigenvalue weighted by Gasteiger charge is -2.26. The lowest BCUT2D eigenvalue weighted by Crippen LogP contribution is -2.39. The number of sulfonamides is 1. The molecule has 6 heteroatoms. The molecule has 0 spiro atoms. The Hall–Kier alpha value is -0.880. The lowest BCUT2D eigenvalue weighted by molar-refractivity contribution is 0.102. The molecule has 0 radical (unpaired) electrons. The summed E-state index contributed by atoms with van der Waals surface area (Å²) in [5.41, 5.74) is 0.536. The van der Waals surface area contributed by atoms with Gasteiger partial charge in [-0.15, -0.1) is 11.3 Å². The van der Waals surface area contributed by atoms with Gasteiger partial charge in [0.2, 0.25) is 10.0 Å². The van der Waals surface area contributed by atoms with E-state index in [1.807, 2.05) is 0 Å². The Bertz CT molecular complexity index is 475.